The third-order valence-electron chi connectivity index (χ3n) is 2.00. The monoisotopic (exact) mass is 172 g/mol. The molecule has 0 aliphatic heterocycles. The smallest absolute Gasteiger partial charge is 0.0185 e. The number of hydrogen-bond acceptors (Lipinski definition) is 0. The Morgan fingerprint density at radius 1 is 1.31 bits per heavy atom. The highest BCUT2D eigenvalue weighted by Gasteiger charge is 1.94. The van der Waals surface area contributed by atoms with Crippen molar-refractivity contribution in [3.8, 4) is 0 Å². The summed E-state index contributed by atoms with van der Waals surface area (Å²) < 4.78 is 0. The molecule has 0 saturated carbocycles. The van der Waals surface area contributed by atoms with Crippen LogP contribution in [-0.2, 0) is 0 Å². The van der Waals surface area contributed by atoms with E-state index in [1.165, 1.54) is 16.7 Å². The van der Waals surface area contributed by atoms with Crippen molar-refractivity contribution in [2.45, 2.75) is 20.3 Å². The third-order valence-corrected chi connectivity index (χ3v) is 2.00. The van der Waals surface area contributed by atoms with Gasteiger partial charge in [-0.1, -0.05) is 55.5 Å². The number of benzene rings is 1. The molecular formula is C13H16. The van der Waals surface area contributed by atoms with Crippen LogP contribution in [0.15, 0.2) is 30.9 Å². The van der Waals surface area contributed by atoms with Crippen molar-refractivity contribution in [2.24, 2.45) is 0 Å². The molecule has 0 fully saturated rings. The van der Waals surface area contributed by atoms with Crippen LogP contribution in [0.4, 0.5) is 0 Å². The standard InChI is InChI=1S/C13H16/c1-4-6-7-13-10-11(3)8-9-12(13)5-2/h5-10H,2,4H2,1,3H3/b7-6-. The van der Waals surface area contributed by atoms with Crippen molar-refractivity contribution in [2.75, 3.05) is 0 Å². The van der Waals surface area contributed by atoms with E-state index in [2.05, 4.69) is 50.8 Å². The van der Waals surface area contributed by atoms with E-state index >= 15 is 0 Å². The van der Waals surface area contributed by atoms with Gasteiger partial charge in [-0.25, -0.2) is 0 Å². The molecule has 13 heavy (non-hydrogen) atoms. The Kier molecular flexibility index (Phi) is 3.51. The van der Waals surface area contributed by atoms with Crippen molar-refractivity contribution >= 4 is 12.2 Å². The molecule has 0 spiro atoms. The van der Waals surface area contributed by atoms with Gasteiger partial charge in [0, 0.05) is 0 Å². The molecule has 0 atom stereocenters. The Labute approximate surface area is 80.6 Å². The van der Waals surface area contributed by atoms with Crippen LogP contribution in [0.1, 0.15) is 30.0 Å². The van der Waals surface area contributed by atoms with E-state index < -0.39 is 0 Å². The number of aryl methyl sites for hydroxylation is 1. The quantitative estimate of drug-likeness (QED) is 0.645. The Morgan fingerprint density at radius 2 is 2.08 bits per heavy atom. The van der Waals surface area contributed by atoms with Crippen LogP contribution >= 0.6 is 0 Å². The summed E-state index contributed by atoms with van der Waals surface area (Å²) >= 11 is 0. The van der Waals surface area contributed by atoms with E-state index in [1.54, 1.807) is 0 Å². The molecule has 0 N–H and O–H groups in total. The van der Waals surface area contributed by atoms with Gasteiger partial charge in [0.1, 0.15) is 0 Å². The summed E-state index contributed by atoms with van der Waals surface area (Å²) in [7, 11) is 0. The van der Waals surface area contributed by atoms with Gasteiger partial charge in [-0.05, 0) is 24.5 Å². The fraction of sp³-hybridized carbons (Fsp3) is 0.231. The fourth-order valence-corrected chi connectivity index (χ4v) is 1.27. The van der Waals surface area contributed by atoms with Crippen molar-refractivity contribution < 1.29 is 0 Å². The van der Waals surface area contributed by atoms with Crippen LogP contribution in [0.3, 0.4) is 0 Å². The van der Waals surface area contributed by atoms with E-state index in [4.69, 9.17) is 0 Å². The number of allylic oxidation sites excluding steroid dienone is 1. The van der Waals surface area contributed by atoms with Gasteiger partial charge in [0.15, 0.2) is 0 Å². The van der Waals surface area contributed by atoms with Crippen molar-refractivity contribution in [3.63, 3.8) is 0 Å². The molecule has 0 saturated heterocycles. The molecule has 0 aliphatic carbocycles. The summed E-state index contributed by atoms with van der Waals surface area (Å²) in [5, 5.41) is 0. The Bertz CT molecular complexity index is 319. The van der Waals surface area contributed by atoms with Crippen molar-refractivity contribution in [1.82, 2.24) is 0 Å². The Hall–Kier alpha value is -1.30. The lowest BCUT2D eigenvalue weighted by Gasteiger charge is -2.01. The molecule has 1 rings (SSSR count). The zero-order chi connectivity index (χ0) is 9.68. The molecule has 0 heterocycles. The predicted molar refractivity (Wildman–Crippen MR) is 60.6 cm³/mol. The lowest BCUT2D eigenvalue weighted by atomic mass is 10.0. The topological polar surface area (TPSA) is 0 Å². The first-order valence-corrected chi connectivity index (χ1v) is 4.67. The average Bonchev–Trinajstić information content (AvgIpc) is 2.15. The maximum atomic E-state index is 3.80. The minimum atomic E-state index is 1.07. The van der Waals surface area contributed by atoms with Gasteiger partial charge in [0.05, 0.1) is 0 Å². The van der Waals surface area contributed by atoms with E-state index in [0.29, 0.717) is 0 Å². The summed E-state index contributed by atoms with van der Waals surface area (Å²) in [6, 6.07) is 6.40. The second kappa shape index (κ2) is 4.66. The zero-order valence-electron chi connectivity index (χ0n) is 8.38. The Morgan fingerprint density at radius 3 is 2.69 bits per heavy atom. The highest BCUT2D eigenvalue weighted by atomic mass is 14.0. The van der Waals surface area contributed by atoms with Crippen LogP contribution in [-0.4, -0.2) is 0 Å². The number of rotatable bonds is 3. The number of hydrogen-bond donors (Lipinski definition) is 0. The summed E-state index contributed by atoms with van der Waals surface area (Å²) in [5.74, 6) is 0. The maximum Gasteiger partial charge on any atom is -0.0185 e. The molecule has 1 aromatic carbocycles. The highest BCUT2D eigenvalue weighted by molar-refractivity contribution is 5.65. The Balaban J connectivity index is 3.08. The van der Waals surface area contributed by atoms with Crippen molar-refractivity contribution in [1.29, 1.82) is 0 Å². The minimum Gasteiger partial charge on any atom is -0.0984 e. The molecule has 0 amide bonds. The molecule has 1 aromatic rings. The molecule has 0 aromatic heterocycles. The lowest BCUT2D eigenvalue weighted by Crippen LogP contribution is -1.81. The molecule has 0 aliphatic rings. The summed E-state index contributed by atoms with van der Waals surface area (Å²) in [6.45, 7) is 8.04. The molecule has 0 bridgehead atoms. The molecule has 68 valence electrons. The second-order valence-electron chi connectivity index (χ2n) is 3.15. The van der Waals surface area contributed by atoms with Crippen LogP contribution < -0.4 is 0 Å². The molecule has 0 heteroatoms. The van der Waals surface area contributed by atoms with Gasteiger partial charge < -0.3 is 0 Å². The SMILES string of the molecule is C=Cc1ccc(C)cc1/C=C\CC. The van der Waals surface area contributed by atoms with Gasteiger partial charge in [0.2, 0.25) is 0 Å². The first kappa shape index (κ1) is 9.79. The van der Waals surface area contributed by atoms with Gasteiger partial charge in [-0.3, -0.25) is 0 Å². The maximum absolute atomic E-state index is 3.80. The second-order valence-corrected chi connectivity index (χ2v) is 3.15. The highest BCUT2D eigenvalue weighted by Crippen LogP contribution is 2.14. The van der Waals surface area contributed by atoms with Crippen molar-refractivity contribution in [3.05, 3.63) is 47.5 Å². The lowest BCUT2D eigenvalue weighted by molar-refractivity contribution is 1.23. The van der Waals surface area contributed by atoms with E-state index in [1.807, 2.05) is 6.08 Å². The van der Waals surface area contributed by atoms with E-state index in [0.717, 1.165) is 6.42 Å². The fourth-order valence-electron chi connectivity index (χ4n) is 1.27. The molecule has 0 unspecified atom stereocenters. The van der Waals surface area contributed by atoms with Crippen LogP contribution in [0.5, 0.6) is 0 Å². The van der Waals surface area contributed by atoms with Gasteiger partial charge in [0.25, 0.3) is 0 Å². The van der Waals surface area contributed by atoms with Crippen LogP contribution in [0, 0.1) is 6.92 Å². The van der Waals surface area contributed by atoms with E-state index in [-0.39, 0.29) is 0 Å². The summed E-state index contributed by atoms with van der Waals surface area (Å²) in [4.78, 5) is 0. The first-order valence-electron chi connectivity index (χ1n) is 4.67. The van der Waals surface area contributed by atoms with Crippen LogP contribution in [0.2, 0.25) is 0 Å². The average molecular weight is 172 g/mol. The van der Waals surface area contributed by atoms with E-state index in [9.17, 15) is 0 Å². The first-order chi connectivity index (χ1) is 6.27. The molecular weight excluding hydrogens is 156 g/mol. The van der Waals surface area contributed by atoms with Gasteiger partial charge in [-0.2, -0.15) is 0 Å². The third kappa shape index (κ3) is 2.59. The summed E-state index contributed by atoms with van der Waals surface area (Å²) in [5.41, 5.74) is 3.76. The molecule has 0 radical (unpaired) electrons. The predicted octanol–water partition coefficient (Wildman–Crippen LogP) is 4.06. The van der Waals surface area contributed by atoms with Gasteiger partial charge >= 0.3 is 0 Å². The van der Waals surface area contributed by atoms with Gasteiger partial charge in [-0.15, -0.1) is 0 Å². The minimum absolute atomic E-state index is 1.07. The normalized spacial score (nSPS) is 10.6. The summed E-state index contributed by atoms with van der Waals surface area (Å²) in [6.07, 6.45) is 7.30. The largest absolute Gasteiger partial charge is 0.0984 e. The van der Waals surface area contributed by atoms with Crippen LogP contribution in [0.25, 0.3) is 12.2 Å². The zero-order valence-corrected chi connectivity index (χ0v) is 8.38. The molecule has 0 nitrogen and oxygen atoms in total.